The van der Waals surface area contributed by atoms with Gasteiger partial charge in [0.25, 0.3) is 0 Å². The van der Waals surface area contributed by atoms with Crippen molar-refractivity contribution in [2.75, 3.05) is 37.6 Å². The molecule has 1 aromatic carbocycles. The van der Waals surface area contributed by atoms with Crippen molar-refractivity contribution in [1.29, 1.82) is 0 Å². The van der Waals surface area contributed by atoms with Crippen molar-refractivity contribution in [1.82, 2.24) is 9.80 Å². The first-order chi connectivity index (χ1) is 13.7. The molecule has 29 heavy (non-hydrogen) atoms. The number of ether oxygens (including phenoxy) is 1. The molecular formula is C22H31N3O4. The number of rotatable bonds is 3. The zero-order valence-electron chi connectivity index (χ0n) is 17.8. The smallest absolute Gasteiger partial charge is 0.410 e. The van der Waals surface area contributed by atoms with Crippen molar-refractivity contribution >= 4 is 23.5 Å². The zero-order chi connectivity index (χ0) is 21.2. The van der Waals surface area contributed by atoms with Gasteiger partial charge in [0.05, 0.1) is 0 Å². The van der Waals surface area contributed by atoms with Crippen LogP contribution < -0.4 is 4.90 Å². The number of nitrogens with zero attached hydrogens (tertiary/aromatic N) is 3. The molecule has 0 N–H and O–H groups in total. The number of carbonyl (C=O) groups is 3. The molecule has 2 heterocycles. The van der Waals surface area contributed by atoms with E-state index in [1.165, 1.54) is 0 Å². The third-order valence-corrected chi connectivity index (χ3v) is 5.40. The standard InChI is InChI=1S/C22H31N3O4/c1-16(26)17-7-9-18(10-8-17)23-12-14-24(15-13-23)20(27)19-6-5-11-25(19)21(28)29-22(2,3)4/h7-10,19H,5-6,11-15H2,1-4H3. The first-order valence-electron chi connectivity index (χ1n) is 10.3. The number of amides is 2. The van der Waals surface area contributed by atoms with Gasteiger partial charge in [0.2, 0.25) is 5.91 Å². The number of Topliss-reactive ketones (excluding diaryl/α,β-unsaturated/α-hetero) is 1. The van der Waals surface area contributed by atoms with Crippen LogP contribution in [0.5, 0.6) is 0 Å². The molecule has 7 nitrogen and oxygen atoms in total. The summed E-state index contributed by atoms with van der Waals surface area (Å²) < 4.78 is 5.47. The summed E-state index contributed by atoms with van der Waals surface area (Å²) in [6.07, 6.45) is 1.10. The fraction of sp³-hybridized carbons (Fsp3) is 0.591. The van der Waals surface area contributed by atoms with Crippen LogP contribution in [0.1, 0.15) is 50.9 Å². The Kier molecular flexibility index (Phi) is 6.15. The van der Waals surface area contributed by atoms with E-state index in [4.69, 9.17) is 4.74 Å². The highest BCUT2D eigenvalue weighted by molar-refractivity contribution is 5.94. The van der Waals surface area contributed by atoms with E-state index in [0.29, 0.717) is 31.6 Å². The highest BCUT2D eigenvalue weighted by Crippen LogP contribution is 2.24. The van der Waals surface area contributed by atoms with Crippen LogP contribution in [0.3, 0.4) is 0 Å². The van der Waals surface area contributed by atoms with Crippen LogP contribution in [0.4, 0.5) is 10.5 Å². The van der Waals surface area contributed by atoms with Crippen molar-refractivity contribution in [2.45, 2.75) is 52.2 Å². The van der Waals surface area contributed by atoms with Crippen LogP contribution in [-0.2, 0) is 9.53 Å². The fourth-order valence-electron chi connectivity index (χ4n) is 3.87. The molecule has 2 fully saturated rings. The van der Waals surface area contributed by atoms with Gasteiger partial charge in [-0.3, -0.25) is 14.5 Å². The third-order valence-electron chi connectivity index (χ3n) is 5.40. The predicted octanol–water partition coefficient (Wildman–Crippen LogP) is 2.94. The second-order valence-electron chi connectivity index (χ2n) is 8.75. The Bertz CT molecular complexity index is 761. The molecule has 2 aliphatic heterocycles. The van der Waals surface area contributed by atoms with Crippen LogP contribution in [0.25, 0.3) is 0 Å². The van der Waals surface area contributed by atoms with E-state index in [9.17, 15) is 14.4 Å². The average molecular weight is 402 g/mol. The molecule has 2 amide bonds. The largest absolute Gasteiger partial charge is 0.444 e. The first kappa shape index (κ1) is 21.1. The lowest BCUT2D eigenvalue weighted by molar-refractivity contribution is -0.136. The Balaban J connectivity index is 1.58. The lowest BCUT2D eigenvalue weighted by Crippen LogP contribution is -2.54. The first-order valence-corrected chi connectivity index (χ1v) is 10.3. The monoisotopic (exact) mass is 401 g/mol. The summed E-state index contributed by atoms with van der Waals surface area (Å²) in [6.45, 7) is 10.3. The van der Waals surface area contributed by atoms with Crippen LogP contribution in [-0.4, -0.2) is 72.0 Å². The van der Waals surface area contributed by atoms with Gasteiger partial charge in [0, 0.05) is 44.0 Å². The quantitative estimate of drug-likeness (QED) is 0.729. The molecule has 1 aromatic rings. The summed E-state index contributed by atoms with van der Waals surface area (Å²) >= 11 is 0. The molecule has 0 aromatic heterocycles. The molecule has 2 saturated heterocycles. The third kappa shape index (κ3) is 5.08. The maximum atomic E-state index is 13.1. The van der Waals surface area contributed by atoms with Gasteiger partial charge >= 0.3 is 6.09 Å². The minimum absolute atomic E-state index is 0.0138. The molecule has 0 bridgehead atoms. The Morgan fingerprint density at radius 3 is 2.14 bits per heavy atom. The van der Waals surface area contributed by atoms with Gasteiger partial charge in [-0.15, -0.1) is 0 Å². The molecule has 3 rings (SSSR count). The van der Waals surface area contributed by atoms with Gasteiger partial charge < -0.3 is 14.5 Å². The number of piperazine rings is 1. The second kappa shape index (κ2) is 8.43. The molecule has 1 atom stereocenters. The summed E-state index contributed by atoms with van der Waals surface area (Å²) in [5, 5.41) is 0. The zero-order valence-corrected chi connectivity index (χ0v) is 17.8. The van der Waals surface area contributed by atoms with Gasteiger partial charge in [-0.05, 0) is 64.8 Å². The average Bonchev–Trinajstić information content (AvgIpc) is 3.16. The van der Waals surface area contributed by atoms with E-state index in [1.54, 1.807) is 11.8 Å². The number of carbonyl (C=O) groups excluding carboxylic acids is 3. The van der Waals surface area contributed by atoms with Gasteiger partial charge in [0.15, 0.2) is 5.78 Å². The molecule has 0 spiro atoms. The number of ketones is 1. The summed E-state index contributed by atoms with van der Waals surface area (Å²) in [7, 11) is 0. The molecule has 158 valence electrons. The highest BCUT2D eigenvalue weighted by Gasteiger charge is 2.39. The van der Waals surface area contributed by atoms with Crippen molar-refractivity contribution in [3.63, 3.8) is 0 Å². The molecular weight excluding hydrogens is 370 g/mol. The lowest BCUT2D eigenvalue weighted by Gasteiger charge is -2.38. The van der Waals surface area contributed by atoms with E-state index in [-0.39, 0.29) is 11.7 Å². The normalized spacial score (nSPS) is 20.0. The van der Waals surface area contributed by atoms with Gasteiger partial charge in [-0.1, -0.05) is 0 Å². The number of benzene rings is 1. The van der Waals surface area contributed by atoms with E-state index in [0.717, 1.165) is 25.2 Å². The molecule has 0 radical (unpaired) electrons. The molecule has 7 heteroatoms. The number of likely N-dealkylation sites (tertiary alicyclic amines) is 1. The van der Waals surface area contributed by atoms with E-state index >= 15 is 0 Å². The summed E-state index contributed by atoms with van der Waals surface area (Å²) in [5.74, 6) is 0.0676. The van der Waals surface area contributed by atoms with E-state index in [2.05, 4.69) is 4.90 Å². The Labute approximate surface area is 172 Å². The number of anilines is 1. The van der Waals surface area contributed by atoms with Crippen molar-refractivity contribution < 1.29 is 19.1 Å². The molecule has 1 unspecified atom stereocenters. The van der Waals surface area contributed by atoms with Crippen LogP contribution in [0, 0.1) is 0 Å². The summed E-state index contributed by atoms with van der Waals surface area (Å²) in [4.78, 5) is 42.6. The van der Waals surface area contributed by atoms with Crippen LogP contribution in [0.2, 0.25) is 0 Å². The highest BCUT2D eigenvalue weighted by atomic mass is 16.6. The van der Waals surface area contributed by atoms with Gasteiger partial charge in [-0.2, -0.15) is 0 Å². The van der Waals surface area contributed by atoms with Crippen LogP contribution in [0.15, 0.2) is 24.3 Å². The van der Waals surface area contributed by atoms with E-state index in [1.807, 2.05) is 49.9 Å². The number of hydrogen-bond acceptors (Lipinski definition) is 5. The summed E-state index contributed by atoms with van der Waals surface area (Å²) in [6, 6.07) is 7.16. The maximum Gasteiger partial charge on any atom is 0.410 e. The Morgan fingerprint density at radius 2 is 1.59 bits per heavy atom. The van der Waals surface area contributed by atoms with Gasteiger partial charge in [-0.25, -0.2) is 4.79 Å². The minimum Gasteiger partial charge on any atom is -0.444 e. The lowest BCUT2D eigenvalue weighted by atomic mass is 10.1. The van der Waals surface area contributed by atoms with Crippen molar-refractivity contribution in [3.05, 3.63) is 29.8 Å². The number of hydrogen-bond donors (Lipinski definition) is 0. The van der Waals surface area contributed by atoms with Crippen molar-refractivity contribution in [2.24, 2.45) is 0 Å². The Hall–Kier alpha value is -2.57. The summed E-state index contributed by atoms with van der Waals surface area (Å²) in [5.41, 5.74) is 1.18. The van der Waals surface area contributed by atoms with E-state index < -0.39 is 17.7 Å². The molecule has 2 aliphatic rings. The SMILES string of the molecule is CC(=O)c1ccc(N2CCN(C(=O)C3CCCN3C(=O)OC(C)(C)C)CC2)cc1. The minimum atomic E-state index is -0.573. The topological polar surface area (TPSA) is 70.2 Å². The second-order valence-corrected chi connectivity index (χ2v) is 8.75. The van der Waals surface area contributed by atoms with Gasteiger partial charge in [0.1, 0.15) is 11.6 Å². The maximum absolute atomic E-state index is 13.1. The molecule has 0 aliphatic carbocycles. The molecule has 0 saturated carbocycles. The van der Waals surface area contributed by atoms with Crippen molar-refractivity contribution in [3.8, 4) is 0 Å². The van der Waals surface area contributed by atoms with Crippen LogP contribution >= 0.6 is 0 Å². The Morgan fingerprint density at radius 1 is 0.966 bits per heavy atom. The fourth-order valence-corrected chi connectivity index (χ4v) is 3.87. The predicted molar refractivity (Wildman–Crippen MR) is 111 cm³/mol.